The fourth-order valence-corrected chi connectivity index (χ4v) is 2.46. The van der Waals surface area contributed by atoms with Crippen molar-refractivity contribution in [3.05, 3.63) is 18.2 Å². The van der Waals surface area contributed by atoms with E-state index in [0.29, 0.717) is 30.3 Å². The summed E-state index contributed by atoms with van der Waals surface area (Å²) in [4.78, 5) is 14.1. The van der Waals surface area contributed by atoms with Crippen LogP contribution in [0, 0.1) is 0 Å². The molecule has 1 aliphatic heterocycles. The molecule has 0 radical (unpaired) electrons. The lowest BCUT2D eigenvalue weighted by Crippen LogP contribution is -2.49. The Morgan fingerprint density at radius 3 is 2.38 bits per heavy atom. The van der Waals surface area contributed by atoms with Crippen LogP contribution in [0.3, 0.4) is 0 Å². The SMILES string of the molecule is COc1ccc(NC(=O)N2C[C@H](C)O[C@@H](C)C2)cc1OC. The summed E-state index contributed by atoms with van der Waals surface area (Å²) in [5.41, 5.74) is 0.671. The van der Waals surface area contributed by atoms with Gasteiger partial charge in [-0.05, 0) is 26.0 Å². The van der Waals surface area contributed by atoms with Crippen molar-refractivity contribution in [1.82, 2.24) is 4.90 Å². The Labute approximate surface area is 125 Å². The van der Waals surface area contributed by atoms with Crippen LogP contribution < -0.4 is 14.8 Å². The third kappa shape index (κ3) is 3.78. The third-order valence-electron chi connectivity index (χ3n) is 3.34. The van der Waals surface area contributed by atoms with Crippen LogP contribution in [0.5, 0.6) is 11.5 Å². The number of urea groups is 1. The number of anilines is 1. The first-order valence-electron chi connectivity index (χ1n) is 6.97. The van der Waals surface area contributed by atoms with Gasteiger partial charge in [-0.25, -0.2) is 4.79 Å². The van der Waals surface area contributed by atoms with E-state index < -0.39 is 0 Å². The summed E-state index contributed by atoms with van der Waals surface area (Å²) in [6, 6.07) is 5.15. The number of nitrogens with zero attached hydrogens (tertiary/aromatic N) is 1. The predicted octanol–water partition coefficient (Wildman–Crippen LogP) is 2.34. The minimum atomic E-state index is -0.135. The summed E-state index contributed by atoms with van der Waals surface area (Å²) in [5.74, 6) is 1.21. The van der Waals surface area contributed by atoms with E-state index in [1.165, 1.54) is 0 Å². The smallest absolute Gasteiger partial charge is 0.322 e. The minimum Gasteiger partial charge on any atom is -0.493 e. The maximum absolute atomic E-state index is 12.3. The summed E-state index contributed by atoms with van der Waals surface area (Å²) in [6.07, 6.45) is 0.0924. The molecular formula is C15H22N2O4. The molecule has 2 rings (SSSR count). The van der Waals surface area contributed by atoms with Crippen molar-refractivity contribution in [2.45, 2.75) is 26.1 Å². The van der Waals surface area contributed by atoms with Gasteiger partial charge in [0.1, 0.15) is 0 Å². The first-order chi connectivity index (χ1) is 10.0. The second-order valence-electron chi connectivity index (χ2n) is 5.16. The van der Waals surface area contributed by atoms with Crippen molar-refractivity contribution < 1.29 is 19.0 Å². The van der Waals surface area contributed by atoms with Gasteiger partial charge in [-0.2, -0.15) is 0 Å². The van der Waals surface area contributed by atoms with E-state index in [9.17, 15) is 4.79 Å². The van der Waals surface area contributed by atoms with Crippen LogP contribution in [0.15, 0.2) is 18.2 Å². The minimum absolute atomic E-state index is 0.0462. The number of nitrogens with one attached hydrogen (secondary N) is 1. The summed E-state index contributed by atoms with van der Waals surface area (Å²) >= 11 is 0. The zero-order valence-electron chi connectivity index (χ0n) is 12.9. The van der Waals surface area contributed by atoms with Crippen molar-refractivity contribution in [2.24, 2.45) is 0 Å². The molecule has 1 aromatic carbocycles. The van der Waals surface area contributed by atoms with Gasteiger partial charge in [0, 0.05) is 24.8 Å². The van der Waals surface area contributed by atoms with Crippen LogP contribution in [0.2, 0.25) is 0 Å². The van der Waals surface area contributed by atoms with E-state index in [-0.39, 0.29) is 18.2 Å². The number of benzene rings is 1. The molecule has 1 N–H and O–H groups in total. The molecule has 2 amide bonds. The maximum atomic E-state index is 12.3. The van der Waals surface area contributed by atoms with Crippen LogP contribution >= 0.6 is 0 Å². The largest absolute Gasteiger partial charge is 0.493 e. The maximum Gasteiger partial charge on any atom is 0.322 e. The van der Waals surface area contributed by atoms with Crippen LogP contribution in [0.4, 0.5) is 10.5 Å². The number of carbonyl (C=O) groups excluding carboxylic acids is 1. The van der Waals surface area contributed by atoms with Gasteiger partial charge in [0.05, 0.1) is 26.4 Å². The van der Waals surface area contributed by atoms with Crippen molar-refractivity contribution in [3.8, 4) is 11.5 Å². The Bertz CT molecular complexity index is 496. The van der Waals surface area contributed by atoms with Crippen LogP contribution in [0.25, 0.3) is 0 Å². The number of rotatable bonds is 3. The third-order valence-corrected chi connectivity index (χ3v) is 3.34. The van der Waals surface area contributed by atoms with Gasteiger partial charge in [-0.15, -0.1) is 0 Å². The number of amides is 2. The van der Waals surface area contributed by atoms with Gasteiger partial charge in [-0.3, -0.25) is 0 Å². The van der Waals surface area contributed by atoms with Crippen LogP contribution in [0.1, 0.15) is 13.8 Å². The summed E-state index contributed by atoms with van der Waals surface area (Å²) < 4.78 is 16.0. The molecule has 1 aliphatic rings. The first-order valence-corrected chi connectivity index (χ1v) is 6.97. The highest BCUT2D eigenvalue weighted by Gasteiger charge is 2.25. The first kappa shape index (κ1) is 15.4. The fraction of sp³-hybridized carbons (Fsp3) is 0.533. The Kier molecular flexibility index (Phi) is 4.90. The molecule has 0 aliphatic carbocycles. The van der Waals surface area contributed by atoms with E-state index in [2.05, 4.69) is 5.32 Å². The molecule has 1 aromatic rings. The molecule has 1 heterocycles. The lowest BCUT2D eigenvalue weighted by atomic mass is 10.2. The highest BCUT2D eigenvalue weighted by molar-refractivity contribution is 5.89. The zero-order valence-corrected chi connectivity index (χ0v) is 12.9. The monoisotopic (exact) mass is 294 g/mol. The molecule has 116 valence electrons. The molecular weight excluding hydrogens is 272 g/mol. The number of hydrogen-bond acceptors (Lipinski definition) is 4. The summed E-state index contributed by atoms with van der Waals surface area (Å²) in [6.45, 7) is 5.10. The molecule has 0 aromatic heterocycles. The number of ether oxygens (including phenoxy) is 3. The molecule has 0 spiro atoms. The number of hydrogen-bond donors (Lipinski definition) is 1. The zero-order chi connectivity index (χ0) is 15.4. The van der Waals surface area contributed by atoms with Crippen molar-refractivity contribution in [2.75, 3.05) is 32.6 Å². The predicted molar refractivity (Wildman–Crippen MR) is 80.1 cm³/mol. The fourth-order valence-electron chi connectivity index (χ4n) is 2.46. The van der Waals surface area contributed by atoms with Crippen molar-refractivity contribution >= 4 is 11.7 Å². The van der Waals surface area contributed by atoms with E-state index in [4.69, 9.17) is 14.2 Å². The van der Waals surface area contributed by atoms with E-state index in [0.717, 1.165) is 0 Å². The van der Waals surface area contributed by atoms with Crippen LogP contribution in [-0.4, -0.2) is 50.4 Å². The van der Waals surface area contributed by atoms with E-state index in [1.54, 1.807) is 37.3 Å². The topological polar surface area (TPSA) is 60.0 Å². The summed E-state index contributed by atoms with van der Waals surface area (Å²) in [7, 11) is 3.14. The van der Waals surface area contributed by atoms with Gasteiger partial charge in [0.25, 0.3) is 0 Å². The quantitative estimate of drug-likeness (QED) is 0.929. The van der Waals surface area contributed by atoms with E-state index >= 15 is 0 Å². The molecule has 0 bridgehead atoms. The second-order valence-corrected chi connectivity index (χ2v) is 5.16. The Balaban J connectivity index is 2.05. The average molecular weight is 294 g/mol. The number of methoxy groups -OCH3 is 2. The Morgan fingerprint density at radius 1 is 1.19 bits per heavy atom. The number of morpholine rings is 1. The molecule has 1 fully saturated rings. The van der Waals surface area contributed by atoms with Crippen molar-refractivity contribution in [1.29, 1.82) is 0 Å². The Morgan fingerprint density at radius 2 is 1.81 bits per heavy atom. The molecule has 0 saturated carbocycles. The van der Waals surface area contributed by atoms with Crippen molar-refractivity contribution in [3.63, 3.8) is 0 Å². The lowest BCUT2D eigenvalue weighted by Gasteiger charge is -2.35. The number of carbonyl (C=O) groups is 1. The van der Waals surface area contributed by atoms with Gasteiger partial charge >= 0.3 is 6.03 Å². The second kappa shape index (κ2) is 6.67. The molecule has 0 unspecified atom stereocenters. The Hall–Kier alpha value is -1.95. The highest BCUT2D eigenvalue weighted by atomic mass is 16.5. The van der Waals surface area contributed by atoms with Gasteiger partial charge in [0.15, 0.2) is 11.5 Å². The normalized spacial score (nSPS) is 21.8. The summed E-state index contributed by atoms with van der Waals surface area (Å²) in [5, 5.41) is 2.87. The average Bonchev–Trinajstić information content (AvgIpc) is 2.46. The standard InChI is InChI=1S/C15H22N2O4/c1-10-8-17(9-11(2)21-10)15(18)16-12-5-6-13(19-3)14(7-12)20-4/h5-7,10-11H,8-9H2,1-4H3,(H,16,18)/t10-,11-/m0/s1. The van der Waals surface area contributed by atoms with Gasteiger partial charge < -0.3 is 24.4 Å². The molecule has 2 atom stereocenters. The molecule has 1 saturated heterocycles. The van der Waals surface area contributed by atoms with Crippen LogP contribution in [-0.2, 0) is 4.74 Å². The van der Waals surface area contributed by atoms with Gasteiger partial charge in [0.2, 0.25) is 0 Å². The molecule has 6 nitrogen and oxygen atoms in total. The molecule has 21 heavy (non-hydrogen) atoms. The van der Waals surface area contributed by atoms with Gasteiger partial charge in [-0.1, -0.05) is 0 Å². The molecule has 6 heteroatoms. The van der Waals surface area contributed by atoms with E-state index in [1.807, 2.05) is 13.8 Å². The lowest BCUT2D eigenvalue weighted by molar-refractivity contribution is -0.0530. The highest BCUT2D eigenvalue weighted by Crippen LogP contribution is 2.29.